The maximum Gasteiger partial charge on any atom is 0.382 e. The van der Waals surface area contributed by atoms with Gasteiger partial charge in [0.2, 0.25) is 0 Å². The van der Waals surface area contributed by atoms with Gasteiger partial charge in [-0.05, 0) is 31.5 Å². The van der Waals surface area contributed by atoms with Crippen LogP contribution < -0.4 is 5.32 Å². The van der Waals surface area contributed by atoms with Gasteiger partial charge in [0.25, 0.3) is 0 Å². The Labute approximate surface area is 107 Å². The Morgan fingerprint density at radius 2 is 1.78 bits per heavy atom. The molecule has 1 aromatic carbocycles. The second-order valence-electron chi connectivity index (χ2n) is 4.15. The highest BCUT2D eigenvalue weighted by Crippen LogP contribution is 2.23. The summed E-state index contributed by atoms with van der Waals surface area (Å²) in [6, 6.07) is 9.78. The molecular formula is C15H15NO2. The number of nitrogens with one attached hydrogen (secondary N) is 1. The van der Waals surface area contributed by atoms with Gasteiger partial charge < -0.3 is 10.4 Å². The quantitative estimate of drug-likeness (QED) is 0.738. The highest BCUT2D eigenvalue weighted by molar-refractivity contribution is 5.92. The average Bonchev–Trinajstić information content (AvgIpc) is 2.41. The zero-order valence-corrected chi connectivity index (χ0v) is 10.1. The van der Waals surface area contributed by atoms with E-state index in [9.17, 15) is 4.79 Å². The van der Waals surface area contributed by atoms with E-state index in [0.29, 0.717) is 0 Å². The first kappa shape index (κ1) is 12.4. The molecular weight excluding hydrogens is 226 g/mol. The van der Waals surface area contributed by atoms with Crippen LogP contribution in [0.15, 0.2) is 35.9 Å². The van der Waals surface area contributed by atoms with E-state index >= 15 is 0 Å². The summed E-state index contributed by atoms with van der Waals surface area (Å²) < 4.78 is 0. The number of allylic oxidation sites excluding steroid dienone is 1. The molecule has 0 atom stereocenters. The van der Waals surface area contributed by atoms with E-state index in [2.05, 4.69) is 17.2 Å². The first-order valence-electron chi connectivity index (χ1n) is 6.00. The first-order valence-corrected chi connectivity index (χ1v) is 6.00. The summed E-state index contributed by atoms with van der Waals surface area (Å²) >= 11 is 0. The van der Waals surface area contributed by atoms with Crippen LogP contribution in [0.25, 0.3) is 5.57 Å². The van der Waals surface area contributed by atoms with Crippen LogP contribution in [0.1, 0.15) is 18.4 Å². The molecule has 18 heavy (non-hydrogen) atoms. The maximum absolute atomic E-state index is 10.6. The number of hydrogen-bond acceptors (Lipinski definition) is 2. The van der Waals surface area contributed by atoms with Crippen molar-refractivity contribution in [3.8, 4) is 11.8 Å². The van der Waals surface area contributed by atoms with Crippen LogP contribution >= 0.6 is 0 Å². The summed E-state index contributed by atoms with van der Waals surface area (Å²) in [6.07, 6.45) is 1.86. The summed E-state index contributed by atoms with van der Waals surface area (Å²) in [5.41, 5.74) is 3.12. The van der Waals surface area contributed by atoms with Gasteiger partial charge in [0.05, 0.1) is 0 Å². The largest absolute Gasteiger partial charge is 0.472 e. The lowest BCUT2D eigenvalue weighted by Gasteiger charge is -2.17. The van der Waals surface area contributed by atoms with Gasteiger partial charge in [-0.15, -0.1) is 0 Å². The highest BCUT2D eigenvalue weighted by atomic mass is 16.4. The normalized spacial score (nSPS) is 14.6. The third-order valence-electron chi connectivity index (χ3n) is 2.92. The molecule has 1 aliphatic heterocycles. The van der Waals surface area contributed by atoms with Crippen molar-refractivity contribution in [1.29, 1.82) is 0 Å². The van der Waals surface area contributed by atoms with Gasteiger partial charge in [-0.1, -0.05) is 41.8 Å². The molecule has 1 saturated heterocycles. The predicted octanol–water partition coefficient (Wildman–Crippen LogP) is 1.91. The van der Waals surface area contributed by atoms with Crippen LogP contribution in [-0.4, -0.2) is 24.2 Å². The minimum Gasteiger partial charge on any atom is -0.472 e. The molecule has 1 aromatic rings. The van der Waals surface area contributed by atoms with Crippen molar-refractivity contribution in [3.63, 3.8) is 0 Å². The summed E-state index contributed by atoms with van der Waals surface area (Å²) in [6.45, 7) is 1.86. The van der Waals surface area contributed by atoms with Crippen molar-refractivity contribution in [3.05, 3.63) is 41.5 Å². The lowest BCUT2D eigenvalue weighted by Crippen LogP contribution is -2.23. The zero-order valence-electron chi connectivity index (χ0n) is 10.1. The van der Waals surface area contributed by atoms with Crippen molar-refractivity contribution in [2.24, 2.45) is 0 Å². The van der Waals surface area contributed by atoms with Crippen LogP contribution in [0.2, 0.25) is 0 Å². The fraction of sp³-hybridized carbons (Fsp3) is 0.267. The molecule has 0 aliphatic carbocycles. The highest BCUT2D eigenvalue weighted by Gasteiger charge is 2.11. The van der Waals surface area contributed by atoms with Crippen molar-refractivity contribution in [2.45, 2.75) is 12.8 Å². The van der Waals surface area contributed by atoms with E-state index in [1.54, 1.807) is 0 Å². The minimum atomic E-state index is -1.09. The van der Waals surface area contributed by atoms with Gasteiger partial charge in [-0.2, -0.15) is 0 Å². The lowest BCUT2D eigenvalue weighted by molar-refractivity contribution is -0.130. The zero-order chi connectivity index (χ0) is 12.8. The molecule has 1 fully saturated rings. The van der Waals surface area contributed by atoms with E-state index in [1.807, 2.05) is 30.3 Å². The Morgan fingerprint density at radius 1 is 1.11 bits per heavy atom. The number of rotatable bonds is 1. The van der Waals surface area contributed by atoms with Crippen LogP contribution in [0.4, 0.5) is 0 Å². The Kier molecular flexibility index (Phi) is 4.16. The summed E-state index contributed by atoms with van der Waals surface area (Å²) in [7, 11) is 0. The number of piperidine rings is 1. The van der Waals surface area contributed by atoms with Crippen molar-refractivity contribution in [1.82, 2.24) is 5.32 Å². The van der Waals surface area contributed by atoms with Crippen molar-refractivity contribution in [2.75, 3.05) is 13.1 Å². The standard InChI is InChI=1S/C15H15NO2/c17-15(18)7-6-14(12-4-2-1-3-5-12)13-8-10-16-11-9-13/h1-5,16H,8-11H2,(H,17,18). The molecule has 3 heteroatoms. The van der Waals surface area contributed by atoms with Gasteiger partial charge in [0, 0.05) is 11.5 Å². The van der Waals surface area contributed by atoms with Gasteiger partial charge in [-0.25, -0.2) is 4.79 Å². The average molecular weight is 241 g/mol. The monoisotopic (exact) mass is 241 g/mol. The van der Waals surface area contributed by atoms with Gasteiger partial charge in [0.15, 0.2) is 0 Å². The number of carbonyl (C=O) groups is 1. The molecule has 0 saturated carbocycles. The Bertz CT molecular complexity index is 512. The fourth-order valence-electron chi connectivity index (χ4n) is 2.06. The SMILES string of the molecule is O=C(O)C#CC(=C1CCNCC1)c1ccccc1. The summed E-state index contributed by atoms with van der Waals surface area (Å²) in [5, 5.41) is 12.0. The number of aliphatic carboxylic acids is 1. The van der Waals surface area contributed by atoms with E-state index < -0.39 is 5.97 Å². The van der Waals surface area contributed by atoms with Gasteiger partial charge in [0.1, 0.15) is 0 Å². The fourth-order valence-corrected chi connectivity index (χ4v) is 2.06. The van der Waals surface area contributed by atoms with E-state index in [1.165, 1.54) is 5.57 Å². The smallest absolute Gasteiger partial charge is 0.382 e. The van der Waals surface area contributed by atoms with E-state index in [4.69, 9.17) is 5.11 Å². The molecule has 0 spiro atoms. The van der Waals surface area contributed by atoms with E-state index in [-0.39, 0.29) is 0 Å². The van der Waals surface area contributed by atoms with Gasteiger partial charge >= 0.3 is 5.97 Å². The molecule has 2 rings (SSSR count). The Hall–Kier alpha value is -2.05. The molecule has 0 aromatic heterocycles. The van der Waals surface area contributed by atoms with Crippen molar-refractivity contribution < 1.29 is 9.90 Å². The van der Waals surface area contributed by atoms with Gasteiger partial charge in [-0.3, -0.25) is 0 Å². The third kappa shape index (κ3) is 3.22. The molecule has 0 bridgehead atoms. The first-order chi connectivity index (χ1) is 8.77. The molecule has 0 amide bonds. The number of hydrogen-bond donors (Lipinski definition) is 2. The molecule has 2 N–H and O–H groups in total. The molecule has 0 radical (unpaired) electrons. The minimum absolute atomic E-state index is 0.875. The van der Waals surface area contributed by atoms with Crippen LogP contribution in [0.3, 0.4) is 0 Å². The topological polar surface area (TPSA) is 49.3 Å². The Balaban J connectivity index is 2.41. The molecule has 1 aliphatic rings. The number of benzene rings is 1. The van der Waals surface area contributed by atoms with E-state index in [0.717, 1.165) is 37.1 Å². The Morgan fingerprint density at radius 3 is 2.39 bits per heavy atom. The van der Waals surface area contributed by atoms with Crippen LogP contribution in [0.5, 0.6) is 0 Å². The predicted molar refractivity (Wildman–Crippen MR) is 70.9 cm³/mol. The van der Waals surface area contributed by atoms with Crippen LogP contribution in [-0.2, 0) is 4.79 Å². The molecule has 1 heterocycles. The number of carboxylic acid groups (broad SMARTS) is 1. The molecule has 3 nitrogen and oxygen atoms in total. The summed E-state index contributed by atoms with van der Waals surface area (Å²) in [4.78, 5) is 10.6. The summed E-state index contributed by atoms with van der Waals surface area (Å²) in [5.74, 6) is 3.95. The number of carboxylic acids is 1. The second-order valence-corrected chi connectivity index (χ2v) is 4.15. The molecule has 0 unspecified atom stereocenters. The molecule has 92 valence electrons. The lowest BCUT2D eigenvalue weighted by atomic mass is 9.94. The maximum atomic E-state index is 10.6. The third-order valence-corrected chi connectivity index (χ3v) is 2.92. The van der Waals surface area contributed by atoms with Crippen molar-refractivity contribution >= 4 is 11.5 Å². The van der Waals surface area contributed by atoms with Crippen LogP contribution in [0, 0.1) is 11.8 Å². The second kappa shape index (κ2) is 6.04.